The molecule has 2 rings (SSSR count). The summed E-state index contributed by atoms with van der Waals surface area (Å²) in [6.07, 6.45) is 3.20. The van der Waals surface area contributed by atoms with Crippen LogP contribution in [0, 0.1) is 11.3 Å². The van der Waals surface area contributed by atoms with E-state index in [1.807, 2.05) is 0 Å². The number of amides is 1. The summed E-state index contributed by atoms with van der Waals surface area (Å²) in [4.78, 5) is 12.4. The highest BCUT2D eigenvalue weighted by Gasteiger charge is 2.38. The lowest BCUT2D eigenvalue weighted by Gasteiger charge is -2.40. The molecule has 0 aromatic heterocycles. The number of piperidine rings is 1. The van der Waals surface area contributed by atoms with Crippen LogP contribution in [-0.4, -0.2) is 37.7 Å². The number of hydrogen-bond acceptors (Lipinski definition) is 3. The quantitative estimate of drug-likeness (QED) is 0.781. The van der Waals surface area contributed by atoms with Gasteiger partial charge in [-0.3, -0.25) is 4.79 Å². The summed E-state index contributed by atoms with van der Waals surface area (Å²) in [6.45, 7) is 8.96. The van der Waals surface area contributed by atoms with Crippen LogP contribution in [0.4, 0.5) is 0 Å². The molecule has 2 fully saturated rings. The zero-order valence-corrected chi connectivity index (χ0v) is 11.8. The SMILES string of the molecule is CC1COCCC1NC(=O)C1NCCCC1(C)C. The molecule has 3 atom stereocenters. The first-order valence-corrected chi connectivity index (χ1v) is 7.12. The number of carbonyl (C=O) groups excluding carboxylic acids is 1. The van der Waals surface area contributed by atoms with Crippen molar-refractivity contribution >= 4 is 5.91 Å². The largest absolute Gasteiger partial charge is 0.381 e. The minimum absolute atomic E-state index is 0.0523. The molecular weight excluding hydrogens is 228 g/mol. The highest BCUT2D eigenvalue weighted by molar-refractivity contribution is 5.83. The second kappa shape index (κ2) is 5.57. The maximum Gasteiger partial charge on any atom is 0.237 e. The second-order valence-electron chi connectivity index (χ2n) is 6.44. The Morgan fingerprint density at radius 1 is 1.44 bits per heavy atom. The lowest BCUT2D eigenvalue weighted by Crippen LogP contribution is -2.58. The van der Waals surface area contributed by atoms with Gasteiger partial charge in [-0.15, -0.1) is 0 Å². The van der Waals surface area contributed by atoms with Crippen molar-refractivity contribution < 1.29 is 9.53 Å². The first-order valence-electron chi connectivity index (χ1n) is 7.12. The molecule has 4 heteroatoms. The molecule has 4 nitrogen and oxygen atoms in total. The molecular formula is C14H26N2O2. The third-order valence-corrected chi connectivity index (χ3v) is 4.36. The van der Waals surface area contributed by atoms with Gasteiger partial charge in [0.2, 0.25) is 5.91 Å². The van der Waals surface area contributed by atoms with Gasteiger partial charge >= 0.3 is 0 Å². The summed E-state index contributed by atoms with van der Waals surface area (Å²) >= 11 is 0. The molecule has 0 radical (unpaired) electrons. The van der Waals surface area contributed by atoms with E-state index in [0.29, 0.717) is 5.92 Å². The van der Waals surface area contributed by atoms with E-state index < -0.39 is 0 Å². The number of nitrogens with one attached hydrogen (secondary N) is 2. The Balaban J connectivity index is 1.94. The van der Waals surface area contributed by atoms with Crippen molar-refractivity contribution in [2.24, 2.45) is 11.3 Å². The highest BCUT2D eigenvalue weighted by atomic mass is 16.5. The van der Waals surface area contributed by atoms with Crippen LogP contribution in [0.5, 0.6) is 0 Å². The third-order valence-electron chi connectivity index (χ3n) is 4.36. The monoisotopic (exact) mass is 254 g/mol. The number of ether oxygens (including phenoxy) is 1. The van der Waals surface area contributed by atoms with Crippen molar-refractivity contribution in [1.29, 1.82) is 0 Å². The molecule has 2 N–H and O–H groups in total. The van der Waals surface area contributed by atoms with Gasteiger partial charge in [-0.05, 0) is 37.1 Å². The lowest BCUT2D eigenvalue weighted by atomic mass is 9.77. The fourth-order valence-electron chi connectivity index (χ4n) is 3.02. The van der Waals surface area contributed by atoms with Gasteiger partial charge in [-0.25, -0.2) is 0 Å². The van der Waals surface area contributed by atoms with E-state index in [9.17, 15) is 4.79 Å². The van der Waals surface area contributed by atoms with Gasteiger partial charge in [0.05, 0.1) is 12.6 Å². The fraction of sp³-hybridized carbons (Fsp3) is 0.929. The minimum Gasteiger partial charge on any atom is -0.381 e. The molecule has 3 unspecified atom stereocenters. The normalized spacial score (nSPS) is 36.1. The number of hydrogen-bond donors (Lipinski definition) is 2. The molecule has 104 valence electrons. The van der Waals surface area contributed by atoms with Crippen LogP contribution in [0.25, 0.3) is 0 Å². The maximum atomic E-state index is 12.4. The molecule has 2 saturated heterocycles. The van der Waals surface area contributed by atoms with Crippen LogP contribution in [0.1, 0.15) is 40.0 Å². The fourth-order valence-corrected chi connectivity index (χ4v) is 3.02. The first kappa shape index (κ1) is 13.8. The summed E-state index contributed by atoms with van der Waals surface area (Å²) in [6, 6.07) is 0.215. The van der Waals surface area contributed by atoms with E-state index >= 15 is 0 Å². The average molecular weight is 254 g/mol. The maximum absolute atomic E-state index is 12.4. The van der Waals surface area contributed by atoms with Gasteiger partial charge < -0.3 is 15.4 Å². The molecule has 0 aromatic rings. The van der Waals surface area contributed by atoms with E-state index in [1.165, 1.54) is 0 Å². The van der Waals surface area contributed by atoms with E-state index in [4.69, 9.17) is 4.74 Å². The lowest BCUT2D eigenvalue weighted by molar-refractivity contribution is -0.128. The van der Waals surface area contributed by atoms with Gasteiger partial charge in [0.1, 0.15) is 0 Å². The third kappa shape index (κ3) is 3.04. The molecule has 0 bridgehead atoms. The van der Waals surface area contributed by atoms with E-state index in [-0.39, 0.29) is 23.4 Å². The van der Waals surface area contributed by atoms with Crippen molar-refractivity contribution in [2.75, 3.05) is 19.8 Å². The predicted molar refractivity (Wildman–Crippen MR) is 71.3 cm³/mol. The summed E-state index contributed by atoms with van der Waals surface area (Å²) in [7, 11) is 0. The standard InChI is InChI=1S/C14H26N2O2/c1-10-9-18-8-5-11(10)16-13(17)12-14(2,3)6-4-7-15-12/h10-12,15H,4-9H2,1-3H3,(H,16,17). The summed E-state index contributed by atoms with van der Waals surface area (Å²) in [5, 5.41) is 6.58. The van der Waals surface area contributed by atoms with Gasteiger partial charge in [0, 0.05) is 12.6 Å². The molecule has 2 aliphatic heterocycles. The van der Waals surface area contributed by atoms with Crippen LogP contribution in [-0.2, 0) is 9.53 Å². The van der Waals surface area contributed by atoms with Crippen molar-refractivity contribution in [3.05, 3.63) is 0 Å². The van der Waals surface area contributed by atoms with Gasteiger partial charge in [-0.2, -0.15) is 0 Å². The average Bonchev–Trinajstić information content (AvgIpc) is 2.31. The Kier molecular flexibility index (Phi) is 4.28. The molecule has 2 aliphatic rings. The van der Waals surface area contributed by atoms with Crippen LogP contribution in [0.3, 0.4) is 0 Å². The van der Waals surface area contributed by atoms with Crippen LogP contribution in [0.15, 0.2) is 0 Å². The Bertz CT molecular complexity index is 304. The van der Waals surface area contributed by atoms with Crippen LogP contribution < -0.4 is 10.6 Å². The van der Waals surface area contributed by atoms with Crippen molar-refractivity contribution in [2.45, 2.75) is 52.1 Å². The van der Waals surface area contributed by atoms with Crippen LogP contribution in [0.2, 0.25) is 0 Å². The Hall–Kier alpha value is -0.610. The summed E-state index contributed by atoms with van der Waals surface area (Å²) in [5.41, 5.74) is 0.0523. The Morgan fingerprint density at radius 2 is 2.22 bits per heavy atom. The zero-order chi connectivity index (χ0) is 13.2. The predicted octanol–water partition coefficient (Wildman–Crippen LogP) is 1.31. The van der Waals surface area contributed by atoms with Gasteiger partial charge in [0.15, 0.2) is 0 Å². The minimum atomic E-state index is -0.0544. The molecule has 2 heterocycles. The molecule has 0 saturated carbocycles. The van der Waals surface area contributed by atoms with E-state index in [0.717, 1.165) is 39.0 Å². The summed E-state index contributed by atoms with van der Waals surface area (Å²) < 4.78 is 5.41. The molecule has 0 spiro atoms. The second-order valence-corrected chi connectivity index (χ2v) is 6.44. The molecule has 0 aromatic carbocycles. The van der Waals surface area contributed by atoms with E-state index in [1.54, 1.807) is 0 Å². The topological polar surface area (TPSA) is 50.4 Å². The number of carbonyl (C=O) groups is 1. The number of rotatable bonds is 2. The van der Waals surface area contributed by atoms with Crippen molar-refractivity contribution in [3.8, 4) is 0 Å². The first-order chi connectivity index (χ1) is 8.50. The zero-order valence-electron chi connectivity index (χ0n) is 11.8. The van der Waals surface area contributed by atoms with Gasteiger partial charge in [-0.1, -0.05) is 20.8 Å². The Labute approximate surface area is 110 Å². The molecule has 0 aliphatic carbocycles. The van der Waals surface area contributed by atoms with E-state index in [2.05, 4.69) is 31.4 Å². The Morgan fingerprint density at radius 3 is 2.89 bits per heavy atom. The summed E-state index contributed by atoms with van der Waals surface area (Å²) in [5.74, 6) is 0.577. The molecule has 18 heavy (non-hydrogen) atoms. The highest BCUT2D eigenvalue weighted by Crippen LogP contribution is 2.30. The smallest absolute Gasteiger partial charge is 0.237 e. The van der Waals surface area contributed by atoms with Crippen molar-refractivity contribution in [3.63, 3.8) is 0 Å². The van der Waals surface area contributed by atoms with Crippen LogP contribution >= 0.6 is 0 Å². The van der Waals surface area contributed by atoms with Gasteiger partial charge in [0.25, 0.3) is 0 Å². The van der Waals surface area contributed by atoms with Crippen molar-refractivity contribution in [1.82, 2.24) is 10.6 Å². The molecule has 1 amide bonds.